The van der Waals surface area contributed by atoms with Crippen molar-refractivity contribution in [2.75, 3.05) is 0 Å². The lowest BCUT2D eigenvalue weighted by molar-refractivity contribution is -0.129. The number of carbonyl (C=O) groups excluding carboxylic acids is 2. The number of aromatic nitrogens is 1. The molecular weight excluding hydrogens is 350 g/mol. The highest BCUT2D eigenvalue weighted by atomic mass is 16.5. The molecule has 0 N–H and O–H groups in total. The van der Waals surface area contributed by atoms with Crippen molar-refractivity contribution in [3.8, 4) is 0 Å². The molecule has 0 spiro atoms. The summed E-state index contributed by atoms with van der Waals surface area (Å²) < 4.78 is 5.77. The second-order valence-electron chi connectivity index (χ2n) is 9.34. The Morgan fingerprint density at radius 3 is 2.64 bits per heavy atom. The molecule has 4 rings (SSSR count). The number of rotatable bonds is 2. The average Bonchev–Trinajstić information content (AvgIpc) is 2.66. The van der Waals surface area contributed by atoms with E-state index >= 15 is 0 Å². The van der Waals surface area contributed by atoms with Gasteiger partial charge in [0.25, 0.3) is 0 Å². The number of aryl methyl sites for hydroxylation is 1. The maximum absolute atomic E-state index is 13.3. The summed E-state index contributed by atoms with van der Waals surface area (Å²) in [6.45, 7) is 6.78. The van der Waals surface area contributed by atoms with Gasteiger partial charge < -0.3 is 4.74 Å². The molecule has 0 aliphatic heterocycles. The van der Waals surface area contributed by atoms with Gasteiger partial charge in [-0.1, -0.05) is 39.0 Å². The Morgan fingerprint density at radius 1 is 1.11 bits per heavy atom. The minimum absolute atomic E-state index is 0.0550. The first kappa shape index (κ1) is 19.1. The molecule has 4 nitrogen and oxygen atoms in total. The summed E-state index contributed by atoms with van der Waals surface area (Å²) in [5.74, 6) is 0.190. The van der Waals surface area contributed by atoms with E-state index in [-0.39, 0.29) is 17.2 Å². The van der Waals surface area contributed by atoms with Gasteiger partial charge in [0.1, 0.15) is 0 Å². The number of benzene rings is 1. The molecule has 0 unspecified atom stereocenters. The average molecular weight is 380 g/mol. The largest absolute Gasteiger partial charge is 0.451 e. The predicted molar refractivity (Wildman–Crippen MR) is 109 cm³/mol. The van der Waals surface area contributed by atoms with E-state index in [1.165, 1.54) is 0 Å². The molecule has 0 saturated heterocycles. The van der Waals surface area contributed by atoms with Crippen molar-refractivity contribution >= 4 is 22.7 Å². The summed E-state index contributed by atoms with van der Waals surface area (Å²) in [5, 5.41) is 0.837. The van der Waals surface area contributed by atoms with E-state index in [1.54, 1.807) is 0 Å². The predicted octanol–water partition coefficient (Wildman–Crippen LogP) is 5.05. The Kier molecular flexibility index (Phi) is 4.98. The Bertz CT molecular complexity index is 925. The lowest BCUT2D eigenvalue weighted by Gasteiger charge is -2.35. The maximum Gasteiger partial charge on any atom is 0.339 e. The fourth-order valence-corrected chi connectivity index (χ4v) is 4.62. The molecule has 2 aliphatic carbocycles. The van der Waals surface area contributed by atoms with Gasteiger partial charge in [-0.25, -0.2) is 4.79 Å². The highest BCUT2D eigenvalue weighted by Crippen LogP contribution is 2.39. The van der Waals surface area contributed by atoms with E-state index in [0.29, 0.717) is 24.3 Å². The minimum atomic E-state index is -0.592. The number of hydrogen-bond donors (Lipinski definition) is 0. The zero-order chi connectivity index (χ0) is 19.9. The summed E-state index contributed by atoms with van der Waals surface area (Å²) in [4.78, 5) is 30.4. The normalized spacial score (nSPS) is 22.8. The van der Waals surface area contributed by atoms with Gasteiger partial charge in [-0.3, -0.25) is 9.78 Å². The molecule has 1 saturated carbocycles. The monoisotopic (exact) mass is 379 g/mol. The summed E-state index contributed by atoms with van der Waals surface area (Å²) in [5.41, 5.74) is 3.67. The van der Waals surface area contributed by atoms with E-state index in [2.05, 4.69) is 20.8 Å². The molecular formula is C24H29NO3. The number of fused-ring (bicyclic) bond motifs is 2. The Labute approximate surface area is 166 Å². The van der Waals surface area contributed by atoms with E-state index in [0.717, 1.165) is 54.3 Å². The number of para-hydroxylation sites is 1. The second kappa shape index (κ2) is 7.31. The lowest BCUT2D eigenvalue weighted by Crippen LogP contribution is -2.32. The quantitative estimate of drug-likeness (QED) is 0.685. The number of carbonyl (C=O) groups is 2. The summed E-state index contributed by atoms with van der Waals surface area (Å²) in [7, 11) is 0. The van der Waals surface area contributed by atoms with Gasteiger partial charge in [0.15, 0.2) is 11.9 Å². The van der Waals surface area contributed by atoms with Crippen molar-refractivity contribution in [1.29, 1.82) is 0 Å². The third-order valence-electron chi connectivity index (χ3n) is 6.44. The zero-order valence-corrected chi connectivity index (χ0v) is 17.1. The van der Waals surface area contributed by atoms with Crippen molar-refractivity contribution in [2.45, 2.75) is 71.8 Å². The van der Waals surface area contributed by atoms with Crippen molar-refractivity contribution in [3.05, 3.63) is 41.1 Å². The molecule has 1 aromatic carbocycles. The van der Waals surface area contributed by atoms with Gasteiger partial charge in [0, 0.05) is 17.5 Å². The van der Waals surface area contributed by atoms with Crippen molar-refractivity contribution in [2.24, 2.45) is 11.3 Å². The summed E-state index contributed by atoms with van der Waals surface area (Å²) in [6.07, 6.45) is 5.19. The standard InChI is InChI=1S/C24H29NO3/c1-24(2,3)15-12-13-19-17(14-15)22(16-8-4-5-9-18(16)25-19)23(27)28-21-11-7-6-10-20(21)26/h4-5,8-9,15,21H,6-7,10-14H2,1-3H3/t15-,21-/m1/s1. The third-order valence-corrected chi connectivity index (χ3v) is 6.44. The second-order valence-corrected chi connectivity index (χ2v) is 9.34. The molecule has 28 heavy (non-hydrogen) atoms. The van der Waals surface area contributed by atoms with E-state index in [4.69, 9.17) is 9.72 Å². The van der Waals surface area contributed by atoms with Gasteiger partial charge in [0.05, 0.1) is 11.1 Å². The van der Waals surface area contributed by atoms with Crippen LogP contribution in [0, 0.1) is 11.3 Å². The van der Waals surface area contributed by atoms with Gasteiger partial charge in [0.2, 0.25) is 0 Å². The van der Waals surface area contributed by atoms with Crippen LogP contribution in [0.4, 0.5) is 0 Å². The smallest absolute Gasteiger partial charge is 0.339 e. The van der Waals surface area contributed by atoms with Crippen molar-refractivity contribution in [3.63, 3.8) is 0 Å². The van der Waals surface area contributed by atoms with Crippen LogP contribution in [0.15, 0.2) is 24.3 Å². The maximum atomic E-state index is 13.3. The first-order valence-corrected chi connectivity index (χ1v) is 10.5. The van der Waals surface area contributed by atoms with Crippen LogP contribution >= 0.6 is 0 Å². The fourth-order valence-electron chi connectivity index (χ4n) is 4.62. The van der Waals surface area contributed by atoms with Crippen LogP contribution in [0.25, 0.3) is 10.9 Å². The molecule has 2 aromatic rings. The van der Waals surface area contributed by atoms with Crippen LogP contribution in [-0.2, 0) is 22.4 Å². The molecule has 1 fully saturated rings. The van der Waals surface area contributed by atoms with Crippen LogP contribution in [0.2, 0.25) is 0 Å². The van der Waals surface area contributed by atoms with Crippen LogP contribution in [0.1, 0.15) is 74.5 Å². The molecule has 148 valence electrons. The molecule has 1 heterocycles. The first-order chi connectivity index (χ1) is 13.3. The van der Waals surface area contributed by atoms with Crippen LogP contribution in [-0.4, -0.2) is 22.8 Å². The molecule has 4 heteroatoms. The molecule has 2 atom stereocenters. The lowest BCUT2D eigenvalue weighted by atomic mass is 9.70. The third kappa shape index (κ3) is 3.57. The highest BCUT2D eigenvalue weighted by molar-refractivity contribution is 6.06. The SMILES string of the molecule is CC(C)(C)[C@@H]1CCc2nc3ccccc3c(C(=O)O[C@@H]3CCCCC3=O)c2C1. The Hall–Kier alpha value is -2.23. The van der Waals surface area contributed by atoms with Crippen molar-refractivity contribution in [1.82, 2.24) is 4.98 Å². The molecule has 0 bridgehead atoms. The number of ketones is 1. The van der Waals surface area contributed by atoms with E-state index in [1.807, 2.05) is 24.3 Å². The Balaban J connectivity index is 1.77. The van der Waals surface area contributed by atoms with E-state index < -0.39 is 6.10 Å². The Morgan fingerprint density at radius 2 is 1.89 bits per heavy atom. The van der Waals surface area contributed by atoms with Crippen LogP contribution < -0.4 is 0 Å². The number of Topliss-reactive ketones (excluding diaryl/α,β-unsaturated/α-hetero) is 1. The molecule has 1 aromatic heterocycles. The van der Waals surface area contributed by atoms with Crippen molar-refractivity contribution < 1.29 is 14.3 Å². The minimum Gasteiger partial charge on any atom is -0.451 e. The van der Waals surface area contributed by atoms with Gasteiger partial charge in [-0.2, -0.15) is 0 Å². The summed E-state index contributed by atoms with van der Waals surface area (Å²) in [6, 6.07) is 7.78. The molecule has 2 aliphatic rings. The molecule has 0 radical (unpaired) electrons. The number of hydrogen-bond acceptors (Lipinski definition) is 4. The van der Waals surface area contributed by atoms with Gasteiger partial charge in [-0.05, 0) is 61.5 Å². The number of ether oxygens (including phenoxy) is 1. The number of pyridine rings is 1. The van der Waals surface area contributed by atoms with Crippen LogP contribution in [0.5, 0.6) is 0 Å². The summed E-state index contributed by atoms with van der Waals surface area (Å²) >= 11 is 0. The van der Waals surface area contributed by atoms with Gasteiger partial charge in [-0.15, -0.1) is 0 Å². The molecule has 0 amide bonds. The van der Waals surface area contributed by atoms with Crippen LogP contribution in [0.3, 0.4) is 0 Å². The number of nitrogens with zero attached hydrogens (tertiary/aromatic N) is 1. The van der Waals surface area contributed by atoms with E-state index in [9.17, 15) is 9.59 Å². The van der Waals surface area contributed by atoms with Gasteiger partial charge >= 0.3 is 5.97 Å². The fraction of sp³-hybridized carbons (Fsp3) is 0.542. The number of esters is 1. The first-order valence-electron chi connectivity index (χ1n) is 10.5. The highest BCUT2D eigenvalue weighted by Gasteiger charge is 2.34. The topological polar surface area (TPSA) is 56.3 Å². The zero-order valence-electron chi connectivity index (χ0n) is 17.1.